The van der Waals surface area contributed by atoms with Crippen LogP contribution < -0.4 is 5.32 Å². The number of aromatic nitrogens is 2. The van der Waals surface area contributed by atoms with Gasteiger partial charge in [0.15, 0.2) is 5.69 Å². The van der Waals surface area contributed by atoms with E-state index < -0.39 is 0 Å². The number of halogens is 1. The predicted octanol–water partition coefficient (Wildman–Crippen LogP) is 2.35. The highest BCUT2D eigenvalue weighted by molar-refractivity contribution is 6.30. The van der Waals surface area contributed by atoms with E-state index in [1.807, 2.05) is 29.2 Å². The lowest BCUT2D eigenvalue weighted by atomic mass is 10.1. The Bertz CT molecular complexity index is 684. The molecule has 1 aliphatic rings. The van der Waals surface area contributed by atoms with Crippen molar-refractivity contribution in [2.24, 2.45) is 0 Å². The number of nitrogens with one attached hydrogen (secondary N) is 1. The van der Waals surface area contributed by atoms with Crippen molar-refractivity contribution in [3.63, 3.8) is 0 Å². The molecular weight excluding hydrogens is 300 g/mol. The van der Waals surface area contributed by atoms with E-state index in [0.717, 1.165) is 12.2 Å². The van der Waals surface area contributed by atoms with Gasteiger partial charge in [0, 0.05) is 36.4 Å². The summed E-state index contributed by atoms with van der Waals surface area (Å²) in [6.45, 7) is 5.66. The summed E-state index contributed by atoms with van der Waals surface area (Å²) in [5.74, 6) is -0.0263. The summed E-state index contributed by atoms with van der Waals surface area (Å²) in [5, 5.41) is 8.42. The highest BCUT2D eigenvalue weighted by Gasteiger charge is 2.29. The Labute approximate surface area is 134 Å². The fourth-order valence-corrected chi connectivity index (χ4v) is 2.88. The number of carbonyl (C=O) groups is 1. The minimum atomic E-state index is -0.0263. The summed E-state index contributed by atoms with van der Waals surface area (Å²) in [6.07, 6.45) is 1.79. The van der Waals surface area contributed by atoms with Gasteiger partial charge in [-0.3, -0.25) is 4.79 Å². The fourth-order valence-electron chi connectivity index (χ4n) is 2.69. The van der Waals surface area contributed by atoms with E-state index in [-0.39, 0.29) is 18.0 Å². The lowest BCUT2D eigenvalue weighted by molar-refractivity contribution is 0.0596. The standard InChI is InChI=1S/C16H19ClN4O/c1-11-12(2)20(9-7-18-11)16(22)15-6-8-21(19-15)14-5-3-4-13(17)10-14/h3-6,8,10-12,18H,7,9H2,1-2H3. The van der Waals surface area contributed by atoms with Gasteiger partial charge in [0.05, 0.1) is 5.69 Å². The van der Waals surface area contributed by atoms with Crippen LogP contribution in [0.4, 0.5) is 0 Å². The largest absolute Gasteiger partial charge is 0.332 e. The zero-order valence-electron chi connectivity index (χ0n) is 12.7. The Hall–Kier alpha value is -1.85. The third-order valence-corrected chi connectivity index (χ3v) is 4.41. The smallest absolute Gasteiger partial charge is 0.274 e. The molecule has 0 bridgehead atoms. The fraction of sp³-hybridized carbons (Fsp3) is 0.375. The lowest BCUT2D eigenvalue weighted by Gasteiger charge is -2.38. The average molecular weight is 319 g/mol. The first-order chi connectivity index (χ1) is 10.6. The Morgan fingerprint density at radius 3 is 2.95 bits per heavy atom. The van der Waals surface area contributed by atoms with Crippen molar-refractivity contribution >= 4 is 17.5 Å². The average Bonchev–Trinajstić information content (AvgIpc) is 2.99. The maximum atomic E-state index is 12.7. The molecule has 22 heavy (non-hydrogen) atoms. The zero-order valence-corrected chi connectivity index (χ0v) is 13.4. The number of rotatable bonds is 2. The molecule has 1 N–H and O–H groups in total. The Morgan fingerprint density at radius 2 is 2.18 bits per heavy atom. The molecule has 3 rings (SSSR count). The molecule has 1 aromatic heterocycles. The second-order valence-corrected chi connectivity index (χ2v) is 6.04. The van der Waals surface area contributed by atoms with Gasteiger partial charge in [-0.15, -0.1) is 0 Å². The monoisotopic (exact) mass is 318 g/mol. The van der Waals surface area contributed by atoms with Crippen molar-refractivity contribution < 1.29 is 4.79 Å². The van der Waals surface area contributed by atoms with Crippen LogP contribution in [0.15, 0.2) is 36.5 Å². The molecule has 0 spiro atoms. The molecule has 6 heteroatoms. The van der Waals surface area contributed by atoms with E-state index >= 15 is 0 Å². The minimum Gasteiger partial charge on any atom is -0.332 e. The summed E-state index contributed by atoms with van der Waals surface area (Å²) in [4.78, 5) is 14.5. The highest BCUT2D eigenvalue weighted by atomic mass is 35.5. The van der Waals surface area contributed by atoms with Crippen molar-refractivity contribution in [3.05, 3.63) is 47.2 Å². The molecule has 0 aliphatic carbocycles. The molecule has 116 valence electrons. The van der Waals surface area contributed by atoms with Gasteiger partial charge < -0.3 is 10.2 Å². The van der Waals surface area contributed by atoms with Crippen molar-refractivity contribution in [2.75, 3.05) is 13.1 Å². The van der Waals surface area contributed by atoms with Crippen molar-refractivity contribution in [2.45, 2.75) is 25.9 Å². The first-order valence-corrected chi connectivity index (χ1v) is 7.80. The summed E-state index contributed by atoms with van der Waals surface area (Å²) in [7, 11) is 0. The molecule has 5 nitrogen and oxygen atoms in total. The first kappa shape index (κ1) is 15.1. The Balaban J connectivity index is 1.83. The number of nitrogens with zero attached hydrogens (tertiary/aromatic N) is 3. The summed E-state index contributed by atoms with van der Waals surface area (Å²) in [6, 6.07) is 9.58. The van der Waals surface area contributed by atoms with Crippen LogP contribution in [-0.4, -0.2) is 45.8 Å². The number of amides is 1. The predicted molar refractivity (Wildman–Crippen MR) is 86.5 cm³/mol. The molecule has 2 heterocycles. The van der Waals surface area contributed by atoms with Gasteiger partial charge in [0.2, 0.25) is 0 Å². The van der Waals surface area contributed by atoms with E-state index in [2.05, 4.69) is 24.3 Å². The normalized spacial score (nSPS) is 21.9. The Kier molecular flexibility index (Phi) is 4.18. The van der Waals surface area contributed by atoms with Crippen molar-refractivity contribution in [1.29, 1.82) is 0 Å². The molecule has 2 atom stereocenters. The highest BCUT2D eigenvalue weighted by Crippen LogP contribution is 2.16. The third-order valence-electron chi connectivity index (χ3n) is 4.18. The molecular formula is C16H19ClN4O. The Morgan fingerprint density at radius 1 is 1.36 bits per heavy atom. The van der Waals surface area contributed by atoms with Crippen LogP contribution in [0.3, 0.4) is 0 Å². The number of carbonyl (C=O) groups excluding carboxylic acids is 1. The van der Waals surface area contributed by atoms with E-state index in [4.69, 9.17) is 11.6 Å². The SMILES string of the molecule is CC1NCCN(C(=O)c2ccn(-c3cccc(Cl)c3)n2)C1C. The van der Waals surface area contributed by atoms with Crippen LogP contribution in [0, 0.1) is 0 Å². The van der Waals surface area contributed by atoms with Crippen LogP contribution in [0.25, 0.3) is 5.69 Å². The maximum Gasteiger partial charge on any atom is 0.274 e. The molecule has 1 fully saturated rings. The molecule has 1 aromatic carbocycles. The second kappa shape index (κ2) is 6.10. The van der Waals surface area contributed by atoms with Crippen molar-refractivity contribution in [1.82, 2.24) is 20.0 Å². The third kappa shape index (κ3) is 2.87. The van der Waals surface area contributed by atoms with E-state index in [1.54, 1.807) is 16.9 Å². The van der Waals surface area contributed by atoms with Crippen LogP contribution in [0.2, 0.25) is 5.02 Å². The molecule has 1 amide bonds. The molecule has 2 unspecified atom stereocenters. The van der Waals surface area contributed by atoms with Gasteiger partial charge >= 0.3 is 0 Å². The van der Waals surface area contributed by atoms with Crippen molar-refractivity contribution in [3.8, 4) is 5.69 Å². The lowest BCUT2D eigenvalue weighted by Crippen LogP contribution is -2.57. The maximum absolute atomic E-state index is 12.7. The molecule has 1 saturated heterocycles. The molecule has 2 aromatic rings. The van der Waals surface area contributed by atoms with Gasteiger partial charge in [0.1, 0.15) is 0 Å². The number of hydrogen-bond acceptors (Lipinski definition) is 3. The first-order valence-electron chi connectivity index (χ1n) is 7.42. The number of benzene rings is 1. The number of hydrogen-bond donors (Lipinski definition) is 1. The van der Waals surface area contributed by atoms with E-state index in [1.165, 1.54) is 0 Å². The second-order valence-electron chi connectivity index (χ2n) is 5.61. The molecule has 0 radical (unpaired) electrons. The van der Waals surface area contributed by atoms with Crippen LogP contribution in [0.5, 0.6) is 0 Å². The molecule has 1 aliphatic heterocycles. The van der Waals surface area contributed by atoms with Gasteiger partial charge in [-0.2, -0.15) is 5.10 Å². The van der Waals surface area contributed by atoms with Crippen LogP contribution in [-0.2, 0) is 0 Å². The molecule has 0 saturated carbocycles. The minimum absolute atomic E-state index is 0.0263. The summed E-state index contributed by atoms with van der Waals surface area (Å²) >= 11 is 6.00. The van der Waals surface area contributed by atoms with Crippen LogP contribution >= 0.6 is 11.6 Å². The summed E-state index contributed by atoms with van der Waals surface area (Å²) in [5.41, 5.74) is 1.30. The number of piperazine rings is 1. The topological polar surface area (TPSA) is 50.2 Å². The van der Waals surface area contributed by atoms with Gasteiger partial charge in [-0.1, -0.05) is 17.7 Å². The summed E-state index contributed by atoms with van der Waals surface area (Å²) < 4.78 is 1.68. The van der Waals surface area contributed by atoms with Crippen LogP contribution in [0.1, 0.15) is 24.3 Å². The van der Waals surface area contributed by atoms with E-state index in [0.29, 0.717) is 17.3 Å². The quantitative estimate of drug-likeness (QED) is 0.924. The zero-order chi connectivity index (χ0) is 15.7. The van der Waals surface area contributed by atoms with E-state index in [9.17, 15) is 4.79 Å². The van der Waals surface area contributed by atoms with Gasteiger partial charge in [-0.05, 0) is 38.1 Å². The van der Waals surface area contributed by atoms with Gasteiger partial charge in [0.25, 0.3) is 5.91 Å². The van der Waals surface area contributed by atoms with Gasteiger partial charge in [-0.25, -0.2) is 4.68 Å².